The molecular formula is C21H18F3N7O2. The number of hydrogen-bond acceptors (Lipinski definition) is 6. The zero-order chi connectivity index (χ0) is 23.4. The van der Waals surface area contributed by atoms with Crippen LogP contribution in [0.5, 0.6) is 5.75 Å². The molecular weight excluding hydrogens is 439 g/mol. The van der Waals surface area contributed by atoms with E-state index in [2.05, 4.69) is 20.4 Å². The minimum Gasteiger partial charge on any atom is -0.489 e. The number of imidazole rings is 1. The van der Waals surface area contributed by atoms with Gasteiger partial charge in [0, 0.05) is 18.6 Å². The summed E-state index contributed by atoms with van der Waals surface area (Å²) in [6, 6.07) is 8.92. The Morgan fingerprint density at radius 2 is 1.97 bits per heavy atom. The van der Waals surface area contributed by atoms with Crippen LogP contribution in [0.15, 0.2) is 67.5 Å². The molecule has 0 bridgehead atoms. The van der Waals surface area contributed by atoms with Gasteiger partial charge in [-0.05, 0) is 24.3 Å². The van der Waals surface area contributed by atoms with Crippen molar-refractivity contribution in [2.75, 3.05) is 17.7 Å². The predicted molar refractivity (Wildman–Crippen MR) is 113 cm³/mol. The van der Waals surface area contributed by atoms with Crippen molar-refractivity contribution in [3.05, 3.63) is 78.6 Å². The monoisotopic (exact) mass is 457 g/mol. The molecule has 0 radical (unpaired) electrons. The van der Waals surface area contributed by atoms with Gasteiger partial charge in [-0.3, -0.25) is 4.79 Å². The summed E-state index contributed by atoms with van der Waals surface area (Å²) in [6.07, 6.45) is 2.55. The van der Waals surface area contributed by atoms with E-state index in [9.17, 15) is 18.0 Å². The minimum atomic E-state index is -4.52. The molecule has 3 heterocycles. The average Bonchev–Trinajstić information content (AvgIpc) is 3.44. The third kappa shape index (κ3) is 4.95. The van der Waals surface area contributed by atoms with Gasteiger partial charge in [0.2, 0.25) is 0 Å². The van der Waals surface area contributed by atoms with E-state index in [0.29, 0.717) is 30.8 Å². The average molecular weight is 457 g/mol. The number of nitrogens with one attached hydrogen (secondary N) is 1. The van der Waals surface area contributed by atoms with Gasteiger partial charge >= 0.3 is 6.18 Å². The Balaban J connectivity index is 1.49. The number of hydrogen-bond donors (Lipinski definition) is 2. The zero-order valence-corrected chi connectivity index (χ0v) is 17.0. The molecule has 0 aliphatic heterocycles. The summed E-state index contributed by atoms with van der Waals surface area (Å²) in [5.41, 5.74) is 5.78. The maximum absolute atomic E-state index is 12.7. The number of para-hydroxylation sites is 2. The fraction of sp³-hybridized carbons (Fsp3) is 0.143. The molecule has 1 aromatic carbocycles. The van der Waals surface area contributed by atoms with Crippen LogP contribution in [0.2, 0.25) is 0 Å². The molecule has 0 fully saturated rings. The van der Waals surface area contributed by atoms with Crippen LogP contribution in [0.4, 0.5) is 24.8 Å². The lowest BCUT2D eigenvalue weighted by Gasteiger charge is -2.13. The lowest BCUT2D eigenvalue weighted by atomic mass is 10.2. The standard InChI is InChI=1S/C21H18F3N7O2/c22-21(23,24)14-5-6-18(27-11-14)29-20(32)15-12-28-31(19(15)25)16-3-1-2-4-17(16)33-10-9-30-8-7-26-13-30/h1-8,11-13H,9-10,25H2,(H,27,29,32). The summed E-state index contributed by atoms with van der Waals surface area (Å²) in [5.74, 6) is -0.179. The third-order valence-corrected chi connectivity index (χ3v) is 4.64. The van der Waals surface area contributed by atoms with Crippen LogP contribution in [0.3, 0.4) is 0 Å². The molecule has 1 amide bonds. The Labute approximate surface area is 185 Å². The Kier molecular flexibility index (Phi) is 5.98. The minimum absolute atomic E-state index is 0.0323. The summed E-state index contributed by atoms with van der Waals surface area (Å²) in [4.78, 5) is 20.2. The fourth-order valence-electron chi connectivity index (χ4n) is 2.98. The van der Waals surface area contributed by atoms with Crippen LogP contribution in [-0.4, -0.2) is 36.8 Å². The van der Waals surface area contributed by atoms with E-state index < -0.39 is 17.6 Å². The van der Waals surface area contributed by atoms with Gasteiger partial charge in [0.1, 0.15) is 35.2 Å². The summed E-state index contributed by atoms with van der Waals surface area (Å²) in [7, 11) is 0. The number of carbonyl (C=O) groups is 1. The molecule has 0 unspecified atom stereocenters. The second-order valence-corrected chi connectivity index (χ2v) is 6.86. The van der Waals surface area contributed by atoms with Crippen LogP contribution in [0.25, 0.3) is 5.69 Å². The van der Waals surface area contributed by atoms with Gasteiger partial charge in [-0.2, -0.15) is 18.3 Å². The fourth-order valence-corrected chi connectivity index (χ4v) is 2.98. The maximum Gasteiger partial charge on any atom is 0.417 e. The molecule has 0 atom stereocenters. The zero-order valence-electron chi connectivity index (χ0n) is 17.0. The number of nitrogen functional groups attached to an aromatic ring is 1. The van der Waals surface area contributed by atoms with Crippen LogP contribution in [0, 0.1) is 0 Å². The molecule has 0 aliphatic carbocycles. The van der Waals surface area contributed by atoms with Crippen molar-refractivity contribution in [3.8, 4) is 11.4 Å². The molecule has 12 heteroatoms. The van der Waals surface area contributed by atoms with Gasteiger partial charge in [-0.15, -0.1) is 0 Å². The Morgan fingerprint density at radius 3 is 2.67 bits per heavy atom. The smallest absolute Gasteiger partial charge is 0.417 e. The van der Waals surface area contributed by atoms with E-state index in [1.165, 1.54) is 10.9 Å². The predicted octanol–water partition coefficient (Wildman–Crippen LogP) is 3.40. The van der Waals surface area contributed by atoms with Crippen molar-refractivity contribution in [2.45, 2.75) is 12.7 Å². The molecule has 170 valence electrons. The molecule has 3 N–H and O–H groups in total. The quantitative estimate of drug-likeness (QED) is 0.440. The first-order valence-corrected chi connectivity index (χ1v) is 9.69. The number of ether oxygens (including phenoxy) is 1. The third-order valence-electron chi connectivity index (χ3n) is 4.64. The summed E-state index contributed by atoms with van der Waals surface area (Å²) >= 11 is 0. The SMILES string of the molecule is Nc1c(C(=O)Nc2ccc(C(F)(F)F)cn2)cnn1-c1ccccc1OCCn1ccnc1. The number of pyridine rings is 1. The maximum atomic E-state index is 12.7. The molecule has 33 heavy (non-hydrogen) atoms. The van der Waals surface area contributed by atoms with Gasteiger partial charge in [0.05, 0.1) is 24.6 Å². The van der Waals surface area contributed by atoms with E-state index in [-0.39, 0.29) is 17.2 Å². The highest BCUT2D eigenvalue weighted by Crippen LogP contribution is 2.29. The first-order chi connectivity index (χ1) is 15.8. The van der Waals surface area contributed by atoms with E-state index in [4.69, 9.17) is 10.5 Å². The molecule has 3 aromatic heterocycles. The van der Waals surface area contributed by atoms with Crippen molar-refractivity contribution in [1.29, 1.82) is 0 Å². The highest BCUT2D eigenvalue weighted by molar-refractivity contribution is 6.06. The molecule has 4 aromatic rings. The highest BCUT2D eigenvalue weighted by Gasteiger charge is 2.30. The number of benzene rings is 1. The molecule has 0 saturated carbocycles. The van der Waals surface area contributed by atoms with E-state index >= 15 is 0 Å². The van der Waals surface area contributed by atoms with Gasteiger partial charge in [-0.1, -0.05) is 12.1 Å². The number of alkyl halides is 3. The number of amides is 1. The van der Waals surface area contributed by atoms with Gasteiger partial charge in [0.15, 0.2) is 0 Å². The summed E-state index contributed by atoms with van der Waals surface area (Å²) in [5, 5.41) is 6.60. The first kappa shape index (κ1) is 21.9. The molecule has 0 saturated heterocycles. The number of rotatable bonds is 7. The largest absolute Gasteiger partial charge is 0.489 e. The summed E-state index contributed by atoms with van der Waals surface area (Å²) < 4.78 is 47.1. The number of anilines is 2. The van der Waals surface area contributed by atoms with Crippen LogP contribution < -0.4 is 15.8 Å². The van der Waals surface area contributed by atoms with Crippen molar-refractivity contribution < 1.29 is 22.7 Å². The molecule has 4 rings (SSSR count). The van der Waals surface area contributed by atoms with Crippen LogP contribution >= 0.6 is 0 Å². The lowest BCUT2D eigenvalue weighted by Crippen LogP contribution is -2.15. The highest BCUT2D eigenvalue weighted by atomic mass is 19.4. The van der Waals surface area contributed by atoms with Crippen molar-refractivity contribution in [2.24, 2.45) is 0 Å². The van der Waals surface area contributed by atoms with Crippen molar-refractivity contribution in [3.63, 3.8) is 0 Å². The van der Waals surface area contributed by atoms with Crippen molar-refractivity contribution in [1.82, 2.24) is 24.3 Å². The van der Waals surface area contributed by atoms with Crippen LogP contribution in [-0.2, 0) is 12.7 Å². The second-order valence-electron chi connectivity index (χ2n) is 6.86. The number of aromatic nitrogens is 5. The van der Waals surface area contributed by atoms with E-state index in [0.717, 1.165) is 12.1 Å². The topological polar surface area (TPSA) is 113 Å². The molecule has 0 aliphatic rings. The van der Waals surface area contributed by atoms with E-state index in [1.807, 2.05) is 10.8 Å². The van der Waals surface area contributed by atoms with Gasteiger partial charge in [-0.25, -0.2) is 14.6 Å². The van der Waals surface area contributed by atoms with Crippen LogP contribution in [0.1, 0.15) is 15.9 Å². The van der Waals surface area contributed by atoms with E-state index in [1.54, 1.807) is 36.8 Å². The lowest BCUT2D eigenvalue weighted by molar-refractivity contribution is -0.137. The first-order valence-electron chi connectivity index (χ1n) is 9.69. The number of nitrogens with two attached hydrogens (primary N) is 1. The van der Waals surface area contributed by atoms with Gasteiger partial charge in [0.25, 0.3) is 5.91 Å². The Bertz CT molecular complexity index is 1240. The number of carbonyl (C=O) groups excluding carboxylic acids is 1. The Morgan fingerprint density at radius 1 is 1.15 bits per heavy atom. The number of nitrogens with zero attached hydrogens (tertiary/aromatic N) is 5. The van der Waals surface area contributed by atoms with Gasteiger partial charge < -0.3 is 20.4 Å². The second kappa shape index (κ2) is 9.02. The van der Waals surface area contributed by atoms with Crippen molar-refractivity contribution >= 4 is 17.5 Å². The Hall–Kier alpha value is -4.35. The molecule has 9 nitrogen and oxygen atoms in total. The molecule has 0 spiro atoms. The normalized spacial score (nSPS) is 11.4. The summed E-state index contributed by atoms with van der Waals surface area (Å²) in [6.45, 7) is 0.943. The number of halogens is 3.